The Hall–Kier alpha value is -3.18. The van der Waals surface area contributed by atoms with Crippen molar-refractivity contribution < 1.29 is 19.1 Å². The first kappa shape index (κ1) is 21.5. The van der Waals surface area contributed by atoms with E-state index in [-0.39, 0.29) is 5.69 Å². The number of rotatable bonds is 7. The summed E-state index contributed by atoms with van der Waals surface area (Å²) in [5, 5.41) is 9.04. The van der Waals surface area contributed by atoms with Gasteiger partial charge in [0, 0.05) is 42.8 Å². The molecule has 0 aromatic carbocycles. The lowest BCUT2D eigenvalue weighted by Gasteiger charge is -2.03. The lowest BCUT2D eigenvalue weighted by Crippen LogP contribution is -2.12. The second-order valence-corrected chi connectivity index (χ2v) is 8.48. The van der Waals surface area contributed by atoms with Crippen LogP contribution in [0.1, 0.15) is 15.5 Å². The Morgan fingerprint density at radius 2 is 2.23 bits per heavy atom. The summed E-state index contributed by atoms with van der Waals surface area (Å²) in [4.78, 5) is 42.6. The minimum Gasteiger partial charge on any atom is -0.404 e. The molecular formula is C17H18N7O4PS. The van der Waals surface area contributed by atoms with E-state index in [9.17, 15) is 9.36 Å². The van der Waals surface area contributed by atoms with Crippen LogP contribution in [-0.2, 0) is 11.6 Å². The molecule has 0 saturated carbocycles. The summed E-state index contributed by atoms with van der Waals surface area (Å²) in [6.07, 6.45) is 5.04. The van der Waals surface area contributed by atoms with Crippen molar-refractivity contribution in [2.24, 2.45) is 17.8 Å². The highest BCUT2D eigenvalue weighted by Crippen LogP contribution is 2.34. The van der Waals surface area contributed by atoms with E-state index in [0.29, 0.717) is 27.7 Å². The molecule has 0 fully saturated rings. The van der Waals surface area contributed by atoms with Crippen molar-refractivity contribution in [3.05, 3.63) is 52.9 Å². The maximum atomic E-state index is 12.7. The second kappa shape index (κ2) is 9.09. The Morgan fingerprint density at radius 3 is 2.90 bits per heavy atom. The maximum absolute atomic E-state index is 12.7. The van der Waals surface area contributed by atoms with E-state index in [0.717, 1.165) is 11.3 Å². The van der Waals surface area contributed by atoms with Gasteiger partial charge in [-0.25, -0.2) is 4.98 Å². The molecule has 0 aliphatic heterocycles. The Bertz CT molecular complexity index is 1150. The number of nitrogens with one attached hydrogen (secondary N) is 1. The monoisotopic (exact) mass is 447 g/mol. The highest BCUT2D eigenvalue weighted by molar-refractivity contribution is 7.51. The zero-order valence-electron chi connectivity index (χ0n) is 15.7. The van der Waals surface area contributed by atoms with E-state index in [1.165, 1.54) is 12.4 Å². The van der Waals surface area contributed by atoms with E-state index < -0.39 is 19.8 Å². The van der Waals surface area contributed by atoms with E-state index >= 15 is 0 Å². The van der Waals surface area contributed by atoms with Crippen LogP contribution in [0.15, 0.2) is 47.2 Å². The quantitative estimate of drug-likeness (QED) is 0.313. The molecule has 13 heteroatoms. The number of carbonyl (C=O) groups is 1. The topological polar surface area (TPSA) is 169 Å². The first-order valence-electron chi connectivity index (χ1n) is 8.45. The number of aromatic nitrogens is 4. The number of amides is 1. The standard InChI is InChI=1S/C17H18N7O4PS/c1-24-8-13(15(23-24)12-4-2-3-5-20-12)21-16(25)14-9-30-17(22-14)11(6-18)7-19-10-29(26,27)28/h2-9H,10,18H2,1H3,(H,21,25)(H2,26,27,28). The molecule has 3 rings (SSSR count). The van der Waals surface area contributed by atoms with Crippen LogP contribution in [0.5, 0.6) is 0 Å². The van der Waals surface area contributed by atoms with Crippen LogP contribution in [0.4, 0.5) is 5.69 Å². The Balaban J connectivity index is 1.77. The molecule has 0 saturated heterocycles. The van der Waals surface area contributed by atoms with Gasteiger partial charge in [0.1, 0.15) is 22.7 Å². The molecule has 0 unspecified atom stereocenters. The molecule has 0 aliphatic rings. The Morgan fingerprint density at radius 1 is 1.43 bits per heavy atom. The number of allylic oxidation sites excluding steroid dienone is 1. The molecule has 3 aromatic rings. The minimum atomic E-state index is -4.26. The number of anilines is 1. The molecule has 5 N–H and O–H groups in total. The second-order valence-electron chi connectivity index (χ2n) is 6.01. The molecule has 156 valence electrons. The fraction of sp³-hybridized carbons (Fsp3) is 0.118. The molecule has 0 spiro atoms. The van der Waals surface area contributed by atoms with Crippen molar-refractivity contribution in [3.8, 4) is 11.4 Å². The SMILES string of the molecule is Cn1cc(NC(=O)c2csc(C(C=NCP(=O)(O)O)=CN)n2)c(-c2ccccn2)n1. The Kier molecular flexibility index (Phi) is 6.53. The first-order valence-corrected chi connectivity index (χ1v) is 11.1. The molecule has 11 nitrogen and oxygen atoms in total. The molecule has 0 radical (unpaired) electrons. The third kappa shape index (κ3) is 5.45. The number of hydrogen-bond acceptors (Lipinski definition) is 8. The fourth-order valence-corrected chi connectivity index (χ4v) is 3.47. The summed E-state index contributed by atoms with van der Waals surface area (Å²) >= 11 is 1.15. The van der Waals surface area contributed by atoms with Gasteiger partial charge >= 0.3 is 7.60 Å². The largest absolute Gasteiger partial charge is 0.404 e. The van der Waals surface area contributed by atoms with Gasteiger partial charge in [0.05, 0.1) is 11.4 Å². The molecule has 1 amide bonds. The van der Waals surface area contributed by atoms with Gasteiger partial charge in [0.2, 0.25) is 0 Å². The summed E-state index contributed by atoms with van der Waals surface area (Å²) in [5.74, 6) is -0.453. The third-order valence-corrected chi connectivity index (χ3v) is 5.07. The number of aryl methyl sites for hydroxylation is 1. The predicted octanol–water partition coefficient (Wildman–Crippen LogP) is 1.70. The predicted molar refractivity (Wildman–Crippen MR) is 114 cm³/mol. The van der Waals surface area contributed by atoms with Gasteiger partial charge in [-0.3, -0.25) is 24.0 Å². The van der Waals surface area contributed by atoms with Gasteiger partial charge in [-0.05, 0) is 12.1 Å². The van der Waals surface area contributed by atoms with Crippen LogP contribution < -0.4 is 11.1 Å². The highest BCUT2D eigenvalue weighted by Gasteiger charge is 2.18. The lowest BCUT2D eigenvalue weighted by atomic mass is 10.2. The van der Waals surface area contributed by atoms with Crippen molar-refractivity contribution in [2.75, 3.05) is 11.6 Å². The van der Waals surface area contributed by atoms with Crippen molar-refractivity contribution >= 4 is 42.3 Å². The third-order valence-electron chi connectivity index (χ3n) is 3.64. The van der Waals surface area contributed by atoms with Gasteiger partial charge in [-0.15, -0.1) is 11.3 Å². The molecule has 3 aromatic heterocycles. The molecule has 3 heterocycles. The number of thiazole rings is 1. The Labute approximate surface area is 175 Å². The zero-order valence-corrected chi connectivity index (χ0v) is 17.4. The summed E-state index contributed by atoms with van der Waals surface area (Å²) in [7, 11) is -2.53. The summed E-state index contributed by atoms with van der Waals surface area (Å²) in [5.41, 5.74) is 7.65. The van der Waals surface area contributed by atoms with Crippen LogP contribution in [-0.4, -0.2) is 47.9 Å². The number of hydrogen-bond donors (Lipinski definition) is 4. The van der Waals surface area contributed by atoms with Crippen LogP contribution >= 0.6 is 18.9 Å². The lowest BCUT2D eigenvalue weighted by molar-refractivity contribution is 0.102. The van der Waals surface area contributed by atoms with Gasteiger partial charge in [0.25, 0.3) is 5.91 Å². The van der Waals surface area contributed by atoms with E-state index in [1.807, 2.05) is 6.07 Å². The van der Waals surface area contributed by atoms with Gasteiger partial charge < -0.3 is 20.8 Å². The van der Waals surface area contributed by atoms with Crippen molar-refractivity contribution in [1.82, 2.24) is 19.7 Å². The number of nitrogens with zero attached hydrogens (tertiary/aromatic N) is 5. The molecule has 0 atom stereocenters. The van der Waals surface area contributed by atoms with Gasteiger partial charge in [0.15, 0.2) is 0 Å². The summed E-state index contributed by atoms with van der Waals surface area (Å²) < 4.78 is 12.5. The van der Waals surface area contributed by atoms with Crippen LogP contribution in [0.25, 0.3) is 17.0 Å². The van der Waals surface area contributed by atoms with E-state index in [2.05, 4.69) is 25.4 Å². The highest BCUT2D eigenvalue weighted by atomic mass is 32.1. The van der Waals surface area contributed by atoms with Crippen molar-refractivity contribution in [3.63, 3.8) is 0 Å². The summed E-state index contributed by atoms with van der Waals surface area (Å²) in [6.45, 7) is 0. The van der Waals surface area contributed by atoms with Gasteiger partial charge in [-0.1, -0.05) is 6.07 Å². The minimum absolute atomic E-state index is 0.147. The zero-order chi connectivity index (χ0) is 21.7. The van der Waals surface area contributed by atoms with Crippen molar-refractivity contribution in [2.45, 2.75) is 0 Å². The fourth-order valence-electron chi connectivity index (χ4n) is 2.38. The average molecular weight is 447 g/mol. The first-order chi connectivity index (χ1) is 14.3. The van der Waals surface area contributed by atoms with E-state index in [4.69, 9.17) is 15.5 Å². The normalized spacial score (nSPS) is 12.4. The number of pyridine rings is 1. The van der Waals surface area contributed by atoms with Gasteiger partial charge in [-0.2, -0.15) is 5.10 Å². The number of carbonyl (C=O) groups excluding carboxylic acids is 1. The number of nitrogens with two attached hydrogens (primary N) is 1. The maximum Gasteiger partial charge on any atom is 0.346 e. The van der Waals surface area contributed by atoms with Crippen molar-refractivity contribution in [1.29, 1.82) is 0 Å². The molecule has 0 bridgehead atoms. The summed E-state index contributed by atoms with van der Waals surface area (Å²) in [6, 6.07) is 5.39. The molecule has 0 aliphatic carbocycles. The molecular weight excluding hydrogens is 429 g/mol. The smallest absolute Gasteiger partial charge is 0.346 e. The molecule has 30 heavy (non-hydrogen) atoms. The van der Waals surface area contributed by atoms with Crippen LogP contribution in [0.3, 0.4) is 0 Å². The van der Waals surface area contributed by atoms with E-state index in [1.54, 1.807) is 41.6 Å². The number of aliphatic imine (C=N–C) groups is 1. The average Bonchev–Trinajstić information content (AvgIpc) is 3.32. The van der Waals surface area contributed by atoms with Crippen LogP contribution in [0, 0.1) is 0 Å². The van der Waals surface area contributed by atoms with Crippen LogP contribution in [0.2, 0.25) is 0 Å².